The summed E-state index contributed by atoms with van der Waals surface area (Å²) in [6.07, 6.45) is 6.05. The van der Waals surface area contributed by atoms with E-state index in [4.69, 9.17) is 9.47 Å². The van der Waals surface area contributed by atoms with Gasteiger partial charge in [-0.25, -0.2) is 0 Å². The maximum atomic E-state index is 5.44. The Morgan fingerprint density at radius 2 is 1.89 bits per heavy atom. The van der Waals surface area contributed by atoms with Gasteiger partial charge in [0.2, 0.25) is 0 Å². The highest BCUT2D eigenvalue weighted by Crippen LogP contribution is 2.37. The van der Waals surface area contributed by atoms with Crippen molar-refractivity contribution in [1.29, 1.82) is 0 Å². The van der Waals surface area contributed by atoms with Crippen LogP contribution in [0.25, 0.3) is 0 Å². The number of benzene rings is 1. The monoisotopic (exact) mass is 263 g/mol. The number of nitrogens with one attached hydrogen (secondary N) is 1. The van der Waals surface area contributed by atoms with Gasteiger partial charge in [0, 0.05) is 6.04 Å². The van der Waals surface area contributed by atoms with Crippen LogP contribution in [0.3, 0.4) is 0 Å². The molecule has 1 aromatic carbocycles. The summed E-state index contributed by atoms with van der Waals surface area (Å²) in [5.41, 5.74) is 2.80. The smallest absolute Gasteiger partial charge is 0.161 e. The summed E-state index contributed by atoms with van der Waals surface area (Å²) in [6.45, 7) is 3.28. The number of ether oxygens (including phenoxy) is 2. The minimum Gasteiger partial charge on any atom is -0.493 e. The molecule has 3 heteroatoms. The van der Waals surface area contributed by atoms with Crippen LogP contribution in [0, 0.1) is 0 Å². The first-order valence-electron chi connectivity index (χ1n) is 7.28. The molecule has 1 N–H and O–H groups in total. The van der Waals surface area contributed by atoms with Gasteiger partial charge in [-0.2, -0.15) is 0 Å². The van der Waals surface area contributed by atoms with Crippen LogP contribution in [0.5, 0.6) is 11.5 Å². The summed E-state index contributed by atoms with van der Waals surface area (Å²) in [5.74, 6) is 1.68. The predicted octanol–water partition coefficient (Wildman–Crippen LogP) is 3.47. The zero-order valence-electron chi connectivity index (χ0n) is 12.3. The van der Waals surface area contributed by atoms with E-state index in [2.05, 4.69) is 24.4 Å². The van der Waals surface area contributed by atoms with Gasteiger partial charge in [-0.15, -0.1) is 0 Å². The third-order valence-corrected chi connectivity index (χ3v) is 3.85. The molecular weight excluding hydrogens is 238 g/mol. The van der Waals surface area contributed by atoms with Crippen molar-refractivity contribution >= 4 is 0 Å². The highest BCUT2D eigenvalue weighted by molar-refractivity contribution is 5.49. The molecule has 0 fully saturated rings. The number of rotatable bonds is 5. The number of fused-ring (bicyclic) bond motifs is 1. The van der Waals surface area contributed by atoms with E-state index in [1.807, 2.05) is 0 Å². The molecule has 0 aliphatic heterocycles. The lowest BCUT2D eigenvalue weighted by Gasteiger charge is -2.21. The van der Waals surface area contributed by atoms with E-state index in [1.165, 1.54) is 36.8 Å². The molecule has 106 valence electrons. The van der Waals surface area contributed by atoms with Crippen molar-refractivity contribution in [3.63, 3.8) is 0 Å². The average molecular weight is 263 g/mol. The van der Waals surface area contributed by atoms with Crippen molar-refractivity contribution < 1.29 is 9.47 Å². The van der Waals surface area contributed by atoms with Crippen LogP contribution in [-0.4, -0.2) is 20.8 Å². The number of hydrogen-bond donors (Lipinski definition) is 1. The van der Waals surface area contributed by atoms with E-state index >= 15 is 0 Å². The zero-order valence-corrected chi connectivity index (χ0v) is 12.3. The maximum absolute atomic E-state index is 5.44. The first-order chi connectivity index (χ1) is 9.30. The summed E-state index contributed by atoms with van der Waals surface area (Å²) < 4.78 is 10.9. The minimum atomic E-state index is 0.456. The summed E-state index contributed by atoms with van der Waals surface area (Å²) >= 11 is 0. The molecule has 1 unspecified atom stereocenters. The maximum Gasteiger partial charge on any atom is 0.161 e. The second-order valence-electron chi connectivity index (χ2n) is 5.16. The summed E-state index contributed by atoms with van der Waals surface area (Å²) in [7, 11) is 3.41. The predicted molar refractivity (Wildman–Crippen MR) is 78.1 cm³/mol. The van der Waals surface area contributed by atoms with Gasteiger partial charge in [-0.05, 0) is 55.5 Å². The number of aryl methyl sites for hydroxylation is 1. The van der Waals surface area contributed by atoms with E-state index < -0.39 is 0 Å². The molecule has 2 rings (SSSR count). The molecule has 0 radical (unpaired) electrons. The lowest BCUT2D eigenvalue weighted by atomic mass is 9.98. The Bertz CT molecular complexity index is 417. The van der Waals surface area contributed by atoms with Crippen LogP contribution in [0.15, 0.2) is 12.1 Å². The molecule has 0 saturated carbocycles. The first-order valence-corrected chi connectivity index (χ1v) is 7.28. The summed E-state index contributed by atoms with van der Waals surface area (Å²) in [5, 5.41) is 3.66. The molecule has 0 saturated heterocycles. The molecule has 19 heavy (non-hydrogen) atoms. The van der Waals surface area contributed by atoms with E-state index in [1.54, 1.807) is 14.2 Å². The number of methoxy groups -OCH3 is 2. The van der Waals surface area contributed by atoms with E-state index in [0.717, 1.165) is 24.5 Å². The fourth-order valence-electron chi connectivity index (χ4n) is 2.83. The summed E-state index contributed by atoms with van der Waals surface area (Å²) in [4.78, 5) is 0. The van der Waals surface area contributed by atoms with Crippen LogP contribution in [0.2, 0.25) is 0 Å². The van der Waals surface area contributed by atoms with Gasteiger partial charge >= 0.3 is 0 Å². The second kappa shape index (κ2) is 6.80. The fraction of sp³-hybridized carbons (Fsp3) is 0.625. The van der Waals surface area contributed by atoms with Crippen LogP contribution in [0.1, 0.15) is 49.8 Å². The third kappa shape index (κ3) is 3.21. The normalized spacial score (nSPS) is 18.6. The molecule has 0 bridgehead atoms. The molecule has 0 aromatic heterocycles. The van der Waals surface area contributed by atoms with Gasteiger partial charge in [0.25, 0.3) is 0 Å². The lowest BCUT2D eigenvalue weighted by Crippen LogP contribution is -2.22. The molecule has 1 aliphatic carbocycles. The van der Waals surface area contributed by atoms with Gasteiger partial charge < -0.3 is 14.8 Å². The Morgan fingerprint density at radius 3 is 2.58 bits per heavy atom. The van der Waals surface area contributed by atoms with Crippen molar-refractivity contribution in [3.05, 3.63) is 23.3 Å². The Kier molecular flexibility index (Phi) is 5.08. The van der Waals surface area contributed by atoms with Gasteiger partial charge in [0.05, 0.1) is 14.2 Å². The molecule has 1 aromatic rings. The van der Waals surface area contributed by atoms with E-state index in [-0.39, 0.29) is 0 Å². The van der Waals surface area contributed by atoms with Crippen molar-refractivity contribution in [2.75, 3.05) is 20.8 Å². The molecular formula is C16H25NO2. The van der Waals surface area contributed by atoms with Crippen LogP contribution < -0.4 is 14.8 Å². The quantitative estimate of drug-likeness (QED) is 0.825. The number of hydrogen-bond acceptors (Lipinski definition) is 3. The average Bonchev–Trinajstić information content (AvgIpc) is 2.65. The lowest BCUT2D eigenvalue weighted by molar-refractivity contribution is 0.353. The SMILES string of the molecule is CCCNC1CCCCc2cc(OC)c(OC)cc21. The minimum absolute atomic E-state index is 0.456. The van der Waals surface area contributed by atoms with Crippen molar-refractivity contribution in [2.24, 2.45) is 0 Å². The fourth-order valence-corrected chi connectivity index (χ4v) is 2.83. The first kappa shape index (κ1) is 14.2. The second-order valence-corrected chi connectivity index (χ2v) is 5.16. The van der Waals surface area contributed by atoms with Gasteiger partial charge in [0.1, 0.15) is 0 Å². The van der Waals surface area contributed by atoms with Gasteiger partial charge in [-0.1, -0.05) is 13.3 Å². The van der Waals surface area contributed by atoms with Gasteiger partial charge in [0.15, 0.2) is 11.5 Å². The largest absolute Gasteiger partial charge is 0.493 e. The van der Waals surface area contributed by atoms with E-state index in [0.29, 0.717) is 6.04 Å². The van der Waals surface area contributed by atoms with Crippen molar-refractivity contribution in [1.82, 2.24) is 5.32 Å². The van der Waals surface area contributed by atoms with Crippen molar-refractivity contribution in [3.8, 4) is 11.5 Å². The third-order valence-electron chi connectivity index (χ3n) is 3.85. The molecule has 0 heterocycles. The molecule has 3 nitrogen and oxygen atoms in total. The standard InChI is InChI=1S/C16H25NO2/c1-4-9-17-14-8-6-5-7-12-10-15(18-2)16(19-3)11-13(12)14/h10-11,14,17H,4-9H2,1-3H3. The highest BCUT2D eigenvalue weighted by Gasteiger charge is 2.20. The molecule has 0 amide bonds. The molecule has 1 aliphatic rings. The molecule has 1 atom stereocenters. The Morgan fingerprint density at radius 1 is 1.16 bits per heavy atom. The Labute approximate surface area is 116 Å². The topological polar surface area (TPSA) is 30.5 Å². The van der Waals surface area contributed by atoms with Gasteiger partial charge in [-0.3, -0.25) is 0 Å². The Balaban J connectivity index is 2.35. The van der Waals surface area contributed by atoms with Crippen LogP contribution in [0.4, 0.5) is 0 Å². The zero-order chi connectivity index (χ0) is 13.7. The Hall–Kier alpha value is -1.22. The van der Waals surface area contributed by atoms with Crippen molar-refractivity contribution in [2.45, 2.75) is 45.1 Å². The van der Waals surface area contributed by atoms with Crippen LogP contribution >= 0.6 is 0 Å². The van der Waals surface area contributed by atoms with E-state index in [9.17, 15) is 0 Å². The molecule has 0 spiro atoms. The highest BCUT2D eigenvalue weighted by atomic mass is 16.5. The summed E-state index contributed by atoms with van der Waals surface area (Å²) in [6, 6.07) is 4.77. The van der Waals surface area contributed by atoms with Crippen LogP contribution in [-0.2, 0) is 6.42 Å².